The average molecular weight is 495 g/mol. The van der Waals surface area contributed by atoms with Gasteiger partial charge in [0.15, 0.2) is 5.96 Å². The number of carbonyl (C=O) groups is 1. The third-order valence-corrected chi connectivity index (χ3v) is 4.30. The molecule has 0 bridgehead atoms. The van der Waals surface area contributed by atoms with Crippen LogP contribution in [-0.4, -0.2) is 38.5 Å². The normalized spacial score (nSPS) is 10.7. The van der Waals surface area contributed by atoms with Gasteiger partial charge in [-0.05, 0) is 43.2 Å². The zero-order valence-electron chi connectivity index (χ0n) is 16.5. The van der Waals surface area contributed by atoms with Crippen molar-refractivity contribution in [2.24, 2.45) is 10.7 Å². The van der Waals surface area contributed by atoms with E-state index in [1.165, 1.54) is 5.69 Å². The molecule has 28 heavy (non-hydrogen) atoms. The quantitative estimate of drug-likeness (QED) is 0.216. The zero-order chi connectivity index (χ0) is 19.5. The van der Waals surface area contributed by atoms with Crippen molar-refractivity contribution in [1.29, 1.82) is 0 Å². The molecule has 0 radical (unpaired) electrons. The fourth-order valence-corrected chi connectivity index (χ4v) is 2.83. The summed E-state index contributed by atoms with van der Waals surface area (Å²) in [6, 6.07) is 17.7. The predicted molar refractivity (Wildman–Crippen MR) is 128 cm³/mol. The summed E-state index contributed by atoms with van der Waals surface area (Å²) in [5.41, 5.74) is 8.07. The lowest BCUT2D eigenvalue weighted by atomic mass is 10.1. The summed E-state index contributed by atoms with van der Waals surface area (Å²) in [5.74, 6) is 0.320. The van der Waals surface area contributed by atoms with Gasteiger partial charge in [0.05, 0.1) is 0 Å². The molecule has 2 rings (SSSR count). The molecule has 4 N–H and O–H groups in total. The lowest BCUT2D eigenvalue weighted by Crippen LogP contribution is -2.38. The van der Waals surface area contributed by atoms with Crippen LogP contribution in [0.1, 0.15) is 29.3 Å². The minimum atomic E-state index is -0.418. The Morgan fingerprint density at radius 2 is 1.86 bits per heavy atom. The van der Waals surface area contributed by atoms with Crippen molar-refractivity contribution in [3.63, 3.8) is 0 Å². The number of rotatable bonds is 9. The highest BCUT2D eigenvalue weighted by Gasteiger charge is 2.05. The van der Waals surface area contributed by atoms with E-state index in [2.05, 4.69) is 51.7 Å². The number of aliphatic imine (C=N–C) groups is 1. The molecule has 0 saturated carbocycles. The number of primary amides is 1. The number of halogens is 1. The number of anilines is 1. The van der Waals surface area contributed by atoms with Gasteiger partial charge in [0.1, 0.15) is 0 Å². The molecule has 0 unspecified atom stereocenters. The van der Waals surface area contributed by atoms with Gasteiger partial charge in [-0.15, -0.1) is 24.0 Å². The van der Waals surface area contributed by atoms with Crippen molar-refractivity contribution < 1.29 is 4.79 Å². The molecule has 152 valence electrons. The maximum absolute atomic E-state index is 11.3. The Morgan fingerprint density at radius 3 is 2.50 bits per heavy atom. The maximum Gasteiger partial charge on any atom is 0.248 e. The summed E-state index contributed by atoms with van der Waals surface area (Å²) in [7, 11) is 1.75. The smallest absolute Gasteiger partial charge is 0.248 e. The summed E-state index contributed by atoms with van der Waals surface area (Å²) in [5, 5.41) is 6.59. The van der Waals surface area contributed by atoms with Crippen LogP contribution in [0.25, 0.3) is 0 Å². The molecule has 2 aromatic carbocycles. The van der Waals surface area contributed by atoms with Crippen LogP contribution in [0.15, 0.2) is 59.6 Å². The molecule has 0 atom stereocenters. The third kappa shape index (κ3) is 7.75. The van der Waals surface area contributed by atoms with Gasteiger partial charge in [-0.3, -0.25) is 9.79 Å². The molecule has 0 aromatic heterocycles. The Kier molecular flexibility index (Phi) is 11.0. The summed E-state index contributed by atoms with van der Waals surface area (Å²) < 4.78 is 0. The number of nitrogens with one attached hydrogen (secondary N) is 2. The Bertz CT molecular complexity index is 751. The van der Waals surface area contributed by atoms with Gasteiger partial charge in [0.2, 0.25) is 5.91 Å². The van der Waals surface area contributed by atoms with Crippen LogP contribution in [0.4, 0.5) is 5.69 Å². The number of benzene rings is 2. The number of carbonyl (C=O) groups excluding carboxylic acids is 1. The largest absolute Gasteiger partial charge is 0.372 e. The standard InChI is InChI=1S/C21H29N5O.HI/c1-3-26(19-11-5-4-6-12-19)14-8-13-24-21(23-2)25-16-17-9-7-10-18(15-17)20(22)27;/h4-7,9-12,15H,3,8,13-14,16H2,1-2H3,(H2,22,27)(H2,23,24,25);1H. The predicted octanol–water partition coefficient (Wildman–Crippen LogP) is 2.99. The van der Waals surface area contributed by atoms with E-state index in [9.17, 15) is 4.79 Å². The van der Waals surface area contributed by atoms with Crippen molar-refractivity contribution in [1.82, 2.24) is 10.6 Å². The second kappa shape index (κ2) is 13.0. The fraction of sp³-hybridized carbons (Fsp3) is 0.333. The Labute approximate surface area is 184 Å². The molecule has 0 fully saturated rings. The highest BCUT2D eigenvalue weighted by atomic mass is 127. The third-order valence-electron chi connectivity index (χ3n) is 4.30. The van der Waals surface area contributed by atoms with Crippen LogP contribution in [0.3, 0.4) is 0 Å². The summed E-state index contributed by atoms with van der Waals surface area (Å²) in [6.45, 7) is 5.52. The highest BCUT2D eigenvalue weighted by Crippen LogP contribution is 2.12. The first kappa shape index (κ1) is 23.7. The molecule has 0 spiro atoms. The molecule has 0 saturated heterocycles. The van der Waals surface area contributed by atoms with E-state index in [-0.39, 0.29) is 24.0 Å². The molecule has 0 aliphatic carbocycles. The number of para-hydroxylation sites is 1. The van der Waals surface area contributed by atoms with Crippen molar-refractivity contribution in [2.75, 3.05) is 31.6 Å². The molecule has 0 aliphatic rings. The first-order chi connectivity index (χ1) is 13.1. The van der Waals surface area contributed by atoms with Crippen molar-refractivity contribution in [2.45, 2.75) is 19.9 Å². The minimum Gasteiger partial charge on any atom is -0.372 e. The Hall–Kier alpha value is -2.29. The number of hydrogen-bond donors (Lipinski definition) is 3. The molecule has 0 heterocycles. The first-order valence-electron chi connectivity index (χ1n) is 9.27. The SMILES string of the molecule is CCN(CCCNC(=NC)NCc1cccc(C(N)=O)c1)c1ccccc1.I. The molecular formula is C21H30IN5O. The van der Waals surface area contributed by atoms with Crippen molar-refractivity contribution in [3.8, 4) is 0 Å². The van der Waals surface area contributed by atoms with E-state index in [4.69, 9.17) is 5.73 Å². The number of hydrogen-bond acceptors (Lipinski definition) is 3. The zero-order valence-corrected chi connectivity index (χ0v) is 18.9. The van der Waals surface area contributed by atoms with Gasteiger partial charge in [-0.2, -0.15) is 0 Å². The lowest BCUT2D eigenvalue weighted by molar-refractivity contribution is 0.1000. The maximum atomic E-state index is 11.3. The monoisotopic (exact) mass is 495 g/mol. The second-order valence-corrected chi connectivity index (χ2v) is 6.19. The van der Waals surface area contributed by atoms with E-state index in [1.54, 1.807) is 19.2 Å². The Morgan fingerprint density at radius 1 is 1.11 bits per heavy atom. The molecule has 6 nitrogen and oxygen atoms in total. The van der Waals surface area contributed by atoms with Crippen molar-refractivity contribution >= 4 is 41.5 Å². The number of nitrogens with zero attached hydrogens (tertiary/aromatic N) is 2. The van der Waals surface area contributed by atoms with E-state index in [0.29, 0.717) is 12.1 Å². The first-order valence-corrected chi connectivity index (χ1v) is 9.27. The summed E-state index contributed by atoms with van der Waals surface area (Å²) in [4.78, 5) is 17.9. The lowest BCUT2D eigenvalue weighted by Gasteiger charge is -2.23. The van der Waals surface area contributed by atoms with Gasteiger partial charge in [0.25, 0.3) is 0 Å². The van der Waals surface area contributed by atoms with E-state index in [1.807, 2.05) is 18.2 Å². The van der Waals surface area contributed by atoms with E-state index >= 15 is 0 Å². The van der Waals surface area contributed by atoms with Gasteiger partial charge < -0.3 is 21.3 Å². The van der Waals surface area contributed by atoms with Gasteiger partial charge >= 0.3 is 0 Å². The summed E-state index contributed by atoms with van der Waals surface area (Å²) in [6.07, 6.45) is 1.00. The number of guanidine groups is 1. The minimum absolute atomic E-state index is 0. The highest BCUT2D eigenvalue weighted by molar-refractivity contribution is 14.0. The van der Waals surface area contributed by atoms with E-state index < -0.39 is 5.91 Å². The van der Waals surface area contributed by atoms with Crippen LogP contribution >= 0.6 is 24.0 Å². The molecule has 2 aromatic rings. The van der Waals surface area contributed by atoms with Gasteiger partial charge in [-0.25, -0.2) is 0 Å². The van der Waals surface area contributed by atoms with Gasteiger partial charge in [0, 0.05) is 44.5 Å². The van der Waals surface area contributed by atoms with Crippen LogP contribution in [-0.2, 0) is 6.54 Å². The molecule has 0 aliphatic heterocycles. The topological polar surface area (TPSA) is 82.8 Å². The van der Waals surface area contributed by atoms with Crippen molar-refractivity contribution in [3.05, 3.63) is 65.7 Å². The summed E-state index contributed by atoms with van der Waals surface area (Å²) >= 11 is 0. The number of amides is 1. The van der Waals surface area contributed by atoms with Crippen LogP contribution in [0.5, 0.6) is 0 Å². The molecular weight excluding hydrogens is 465 g/mol. The average Bonchev–Trinajstić information content (AvgIpc) is 2.71. The molecule has 7 heteroatoms. The number of nitrogens with two attached hydrogens (primary N) is 1. The van der Waals surface area contributed by atoms with Crippen LogP contribution < -0.4 is 21.3 Å². The van der Waals surface area contributed by atoms with Gasteiger partial charge in [-0.1, -0.05) is 30.3 Å². The molecule has 1 amide bonds. The fourth-order valence-electron chi connectivity index (χ4n) is 2.83. The second-order valence-electron chi connectivity index (χ2n) is 6.19. The van der Waals surface area contributed by atoms with E-state index in [0.717, 1.165) is 37.6 Å². The van der Waals surface area contributed by atoms with Crippen LogP contribution in [0.2, 0.25) is 0 Å². The Balaban J connectivity index is 0.00000392. The van der Waals surface area contributed by atoms with Crippen LogP contribution in [0, 0.1) is 0 Å².